The molecule has 0 aliphatic heterocycles. The second-order valence-corrected chi connectivity index (χ2v) is 4.11. The van der Waals surface area contributed by atoms with E-state index in [4.69, 9.17) is 10.3 Å². The Morgan fingerprint density at radius 3 is 2.84 bits per heavy atom. The van der Waals surface area contributed by atoms with Gasteiger partial charge in [0, 0.05) is 12.6 Å². The molecule has 0 atom stereocenters. The van der Waals surface area contributed by atoms with Gasteiger partial charge in [-0.25, -0.2) is 4.39 Å². The summed E-state index contributed by atoms with van der Waals surface area (Å²) in [4.78, 5) is 15.8. The van der Waals surface area contributed by atoms with Crippen molar-refractivity contribution < 1.29 is 13.7 Å². The first kappa shape index (κ1) is 13.0. The van der Waals surface area contributed by atoms with Gasteiger partial charge < -0.3 is 15.6 Å². The number of nitrogens with one attached hydrogen (secondary N) is 1. The molecular formula is C12H13FN4O2. The average Bonchev–Trinajstić information content (AvgIpc) is 2.76. The summed E-state index contributed by atoms with van der Waals surface area (Å²) in [6, 6.07) is 2.76. The zero-order valence-electron chi connectivity index (χ0n) is 10.5. The van der Waals surface area contributed by atoms with Crippen molar-refractivity contribution in [2.45, 2.75) is 20.4 Å². The third-order valence-electron chi connectivity index (χ3n) is 2.50. The minimum Gasteiger partial charge on any atom is -0.399 e. The molecule has 1 amide bonds. The first-order chi connectivity index (χ1) is 8.97. The van der Waals surface area contributed by atoms with Crippen molar-refractivity contribution in [3.05, 3.63) is 40.8 Å². The molecule has 0 unspecified atom stereocenters. The maximum absolute atomic E-state index is 13.8. The first-order valence-corrected chi connectivity index (χ1v) is 5.60. The van der Waals surface area contributed by atoms with E-state index in [0.29, 0.717) is 23.0 Å². The van der Waals surface area contributed by atoms with Crippen molar-refractivity contribution in [3.63, 3.8) is 0 Å². The molecular weight excluding hydrogens is 251 g/mol. The maximum Gasteiger partial charge on any atom is 0.254 e. The SMILES string of the molecule is Cc1nc(CNC(=O)c2cc(N)cc(C)c2F)no1. The zero-order chi connectivity index (χ0) is 14.0. The van der Waals surface area contributed by atoms with Gasteiger partial charge in [-0.1, -0.05) is 5.16 Å². The number of benzene rings is 1. The van der Waals surface area contributed by atoms with Crippen molar-refractivity contribution in [2.24, 2.45) is 0 Å². The lowest BCUT2D eigenvalue weighted by atomic mass is 10.1. The number of anilines is 1. The zero-order valence-corrected chi connectivity index (χ0v) is 10.5. The van der Waals surface area contributed by atoms with Crippen molar-refractivity contribution >= 4 is 11.6 Å². The van der Waals surface area contributed by atoms with Crippen molar-refractivity contribution in [1.82, 2.24) is 15.5 Å². The van der Waals surface area contributed by atoms with Crippen molar-refractivity contribution in [3.8, 4) is 0 Å². The van der Waals surface area contributed by atoms with Gasteiger partial charge in [-0.2, -0.15) is 4.98 Å². The highest BCUT2D eigenvalue weighted by molar-refractivity contribution is 5.95. The second-order valence-electron chi connectivity index (χ2n) is 4.11. The molecule has 0 saturated carbocycles. The summed E-state index contributed by atoms with van der Waals surface area (Å²) in [6.45, 7) is 3.24. The Labute approximate surface area is 108 Å². The largest absolute Gasteiger partial charge is 0.399 e. The molecule has 2 aromatic rings. The number of hydrogen-bond donors (Lipinski definition) is 2. The van der Waals surface area contributed by atoms with E-state index in [9.17, 15) is 9.18 Å². The number of nitrogen functional groups attached to an aromatic ring is 1. The monoisotopic (exact) mass is 264 g/mol. The molecule has 7 heteroatoms. The van der Waals surface area contributed by atoms with Gasteiger partial charge in [0.1, 0.15) is 5.82 Å². The lowest BCUT2D eigenvalue weighted by Gasteiger charge is -2.07. The third-order valence-corrected chi connectivity index (χ3v) is 2.50. The summed E-state index contributed by atoms with van der Waals surface area (Å²) >= 11 is 0. The van der Waals surface area contributed by atoms with Gasteiger partial charge >= 0.3 is 0 Å². The molecule has 0 spiro atoms. The first-order valence-electron chi connectivity index (χ1n) is 5.60. The van der Waals surface area contributed by atoms with Gasteiger partial charge in [-0.15, -0.1) is 0 Å². The highest BCUT2D eigenvalue weighted by Gasteiger charge is 2.15. The number of halogens is 1. The Bertz CT molecular complexity index is 624. The van der Waals surface area contributed by atoms with Crippen LogP contribution < -0.4 is 11.1 Å². The van der Waals surface area contributed by atoms with E-state index in [-0.39, 0.29) is 12.1 Å². The van der Waals surface area contributed by atoms with Crippen LogP contribution >= 0.6 is 0 Å². The van der Waals surface area contributed by atoms with Crippen LogP contribution in [0.5, 0.6) is 0 Å². The molecule has 3 N–H and O–H groups in total. The van der Waals surface area contributed by atoms with E-state index >= 15 is 0 Å². The van der Waals surface area contributed by atoms with Crippen molar-refractivity contribution in [1.29, 1.82) is 0 Å². The van der Waals surface area contributed by atoms with Crippen LogP contribution in [0, 0.1) is 19.7 Å². The van der Waals surface area contributed by atoms with Crippen molar-refractivity contribution in [2.75, 3.05) is 5.73 Å². The fourth-order valence-electron chi connectivity index (χ4n) is 1.63. The molecule has 0 saturated heterocycles. The fourth-order valence-corrected chi connectivity index (χ4v) is 1.63. The highest BCUT2D eigenvalue weighted by atomic mass is 19.1. The number of nitrogens with two attached hydrogens (primary N) is 1. The highest BCUT2D eigenvalue weighted by Crippen LogP contribution is 2.17. The molecule has 0 bridgehead atoms. The van der Waals surface area contributed by atoms with Crippen LogP contribution in [0.1, 0.15) is 27.6 Å². The van der Waals surface area contributed by atoms with Gasteiger partial charge in [0.05, 0.1) is 12.1 Å². The van der Waals surface area contributed by atoms with Gasteiger partial charge in [0.2, 0.25) is 5.89 Å². The van der Waals surface area contributed by atoms with Gasteiger partial charge in [0.25, 0.3) is 5.91 Å². The van der Waals surface area contributed by atoms with Gasteiger partial charge in [-0.3, -0.25) is 4.79 Å². The number of amides is 1. The Morgan fingerprint density at radius 2 is 2.21 bits per heavy atom. The molecule has 1 aromatic carbocycles. The number of carbonyl (C=O) groups is 1. The molecule has 2 rings (SSSR count). The third kappa shape index (κ3) is 2.87. The lowest BCUT2D eigenvalue weighted by Crippen LogP contribution is -2.25. The molecule has 0 radical (unpaired) electrons. The number of aryl methyl sites for hydroxylation is 2. The molecule has 19 heavy (non-hydrogen) atoms. The van der Waals surface area contributed by atoms with E-state index in [1.54, 1.807) is 13.8 Å². The summed E-state index contributed by atoms with van der Waals surface area (Å²) in [7, 11) is 0. The average molecular weight is 264 g/mol. The summed E-state index contributed by atoms with van der Waals surface area (Å²) in [5.74, 6) is -0.437. The van der Waals surface area contributed by atoms with Crippen LogP contribution in [0.3, 0.4) is 0 Å². The predicted octanol–water partition coefficient (Wildman–Crippen LogP) is 1.34. The number of rotatable bonds is 3. The Hall–Kier alpha value is -2.44. The quantitative estimate of drug-likeness (QED) is 0.816. The normalized spacial score (nSPS) is 10.5. The standard InChI is InChI=1S/C12H13FN4O2/c1-6-3-8(14)4-9(11(6)13)12(18)15-5-10-16-7(2)19-17-10/h3-4H,5,14H2,1-2H3,(H,15,18). The van der Waals surface area contributed by atoms with Crippen LogP contribution in [0.4, 0.5) is 10.1 Å². The van der Waals surface area contributed by atoms with Gasteiger partial charge in [0.15, 0.2) is 5.82 Å². The number of carbonyl (C=O) groups excluding carboxylic acids is 1. The lowest BCUT2D eigenvalue weighted by molar-refractivity contribution is 0.0945. The molecule has 6 nitrogen and oxygen atoms in total. The van der Waals surface area contributed by atoms with E-state index < -0.39 is 11.7 Å². The van der Waals surface area contributed by atoms with Crippen LogP contribution in [0.2, 0.25) is 0 Å². The maximum atomic E-state index is 13.8. The second kappa shape index (κ2) is 5.05. The van der Waals surface area contributed by atoms with E-state index in [0.717, 1.165) is 0 Å². The van der Waals surface area contributed by atoms with Crippen LogP contribution in [0.15, 0.2) is 16.7 Å². The van der Waals surface area contributed by atoms with E-state index in [1.165, 1.54) is 12.1 Å². The molecule has 100 valence electrons. The number of aromatic nitrogens is 2. The van der Waals surface area contributed by atoms with Gasteiger partial charge in [-0.05, 0) is 24.6 Å². The summed E-state index contributed by atoms with van der Waals surface area (Å²) < 4.78 is 18.6. The van der Waals surface area contributed by atoms with Crippen LogP contribution in [-0.4, -0.2) is 16.0 Å². The van der Waals surface area contributed by atoms with E-state index in [2.05, 4.69) is 15.5 Å². The molecule has 1 aromatic heterocycles. The summed E-state index contributed by atoms with van der Waals surface area (Å²) in [5.41, 5.74) is 6.14. The Morgan fingerprint density at radius 1 is 1.47 bits per heavy atom. The smallest absolute Gasteiger partial charge is 0.254 e. The molecule has 0 aliphatic carbocycles. The summed E-state index contributed by atoms with van der Waals surface area (Å²) in [5, 5.41) is 6.12. The predicted molar refractivity (Wildman–Crippen MR) is 65.8 cm³/mol. The number of hydrogen-bond acceptors (Lipinski definition) is 5. The Balaban J connectivity index is 2.12. The minimum atomic E-state index is -0.587. The molecule has 0 fully saturated rings. The molecule has 1 heterocycles. The summed E-state index contributed by atoms with van der Waals surface area (Å²) in [6.07, 6.45) is 0. The topological polar surface area (TPSA) is 94.0 Å². The van der Waals surface area contributed by atoms with E-state index in [1.807, 2.05) is 0 Å². The fraction of sp³-hybridized carbons (Fsp3) is 0.250. The van der Waals surface area contributed by atoms with Crippen LogP contribution in [-0.2, 0) is 6.54 Å². The Kier molecular flexibility index (Phi) is 3.46. The minimum absolute atomic E-state index is 0.0590. The van der Waals surface area contributed by atoms with Crippen LogP contribution in [0.25, 0.3) is 0 Å². The molecule has 0 aliphatic rings. The number of nitrogens with zero attached hydrogens (tertiary/aromatic N) is 2.